The lowest BCUT2D eigenvalue weighted by Crippen LogP contribution is -2.24. The molecule has 1 aliphatic rings. The van der Waals surface area contributed by atoms with Crippen molar-refractivity contribution in [2.75, 3.05) is 6.61 Å². The van der Waals surface area contributed by atoms with Crippen molar-refractivity contribution in [1.82, 2.24) is 5.48 Å². The summed E-state index contributed by atoms with van der Waals surface area (Å²) in [5.41, 5.74) is 10.1. The molecule has 1 unspecified atom stereocenters. The molecule has 1 saturated carbocycles. The Labute approximate surface area is 140 Å². The van der Waals surface area contributed by atoms with Crippen molar-refractivity contribution in [3.05, 3.63) is 45.7 Å². The number of nitrogens with one attached hydrogen (secondary N) is 1. The van der Waals surface area contributed by atoms with E-state index in [4.69, 9.17) is 4.84 Å². The molecule has 0 spiro atoms. The second-order valence-electron chi connectivity index (χ2n) is 6.52. The third-order valence-electron chi connectivity index (χ3n) is 4.72. The van der Waals surface area contributed by atoms with Crippen LogP contribution in [-0.2, 0) is 9.63 Å². The number of allylic oxidation sites excluding steroid dienone is 2. The summed E-state index contributed by atoms with van der Waals surface area (Å²) in [6, 6.07) is 4.46. The number of carbonyl (C=O) groups is 1. The molecule has 0 heterocycles. The summed E-state index contributed by atoms with van der Waals surface area (Å²) >= 11 is 0. The van der Waals surface area contributed by atoms with Gasteiger partial charge in [-0.25, -0.2) is 0 Å². The highest BCUT2D eigenvalue weighted by atomic mass is 16.6. The van der Waals surface area contributed by atoms with Crippen molar-refractivity contribution in [2.24, 2.45) is 0 Å². The van der Waals surface area contributed by atoms with Gasteiger partial charge in [0.2, 0.25) is 0 Å². The lowest BCUT2D eigenvalue weighted by atomic mass is 9.77. The summed E-state index contributed by atoms with van der Waals surface area (Å²) in [7, 11) is 0. The SMILES string of the molecule is CCONC(CC)=C1CCC(c2c(C)cc(C)cc2C)CC1=O. The van der Waals surface area contributed by atoms with Gasteiger partial charge in [-0.15, -0.1) is 0 Å². The molecule has 1 atom stereocenters. The Hall–Kier alpha value is -1.61. The van der Waals surface area contributed by atoms with E-state index in [0.29, 0.717) is 18.9 Å². The highest BCUT2D eigenvalue weighted by Crippen LogP contribution is 2.38. The summed E-state index contributed by atoms with van der Waals surface area (Å²) in [5, 5.41) is 0. The smallest absolute Gasteiger partial charge is 0.161 e. The quantitative estimate of drug-likeness (QED) is 0.635. The van der Waals surface area contributed by atoms with Crippen LogP contribution in [0.4, 0.5) is 0 Å². The van der Waals surface area contributed by atoms with E-state index in [0.717, 1.165) is 30.5 Å². The molecule has 0 amide bonds. The zero-order valence-corrected chi connectivity index (χ0v) is 15.1. The Morgan fingerprint density at radius 2 is 1.87 bits per heavy atom. The molecular weight excluding hydrogens is 286 g/mol. The molecule has 1 N–H and O–H groups in total. The minimum absolute atomic E-state index is 0.268. The van der Waals surface area contributed by atoms with Crippen molar-refractivity contribution in [2.45, 2.75) is 66.2 Å². The van der Waals surface area contributed by atoms with Crippen LogP contribution in [0.25, 0.3) is 0 Å². The van der Waals surface area contributed by atoms with Crippen LogP contribution >= 0.6 is 0 Å². The Morgan fingerprint density at radius 1 is 1.22 bits per heavy atom. The number of rotatable bonds is 5. The molecule has 3 nitrogen and oxygen atoms in total. The van der Waals surface area contributed by atoms with Gasteiger partial charge in [0.15, 0.2) is 5.78 Å². The van der Waals surface area contributed by atoms with Crippen molar-refractivity contribution >= 4 is 5.78 Å². The van der Waals surface area contributed by atoms with Gasteiger partial charge in [0, 0.05) is 17.7 Å². The summed E-state index contributed by atoms with van der Waals surface area (Å²) in [6.45, 7) is 11.0. The molecule has 23 heavy (non-hydrogen) atoms. The minimum atomic E-state index is 0.268. The summed E-state index contributed by atoms with van der Waals surface area (Å²) < 4.78 is 0. The Kier molecular flexibility index (Phi) is 6.00. The molecule has 1 aromatic rings. The number of aryl methyl sites for hydroxylation is 3. The molecule has 1 fully saturated rings. The number of hydroxylamine groups is 1. The van der Waals surface area contributed by atoms with Crippen molar-refractivity contribution in [3.63, 3.8) is 0 Å². The van der Waals surface area contributed by atoms with Gasteiger partial charge >= 0.3 is 0 Å². The molecule has 126 valence electrons. The maximum Gasteiger partial charge on any atom is 0.161 e. The first-order valence-electron chi connectivity index (χ1n) is 8.68. The first-order chi connectivity index (χ1) is 11.0. The average Bonchev–Trinajstić information content (AvgIpc) is 2.48. The van der Waals surface area contributed by atoms with E-state index in [9.17, 15) is 4.79 Å². The number of hydrogen-bond acceptors (Lipinski definition) is 3. The van der Waals surface area contributed by atoms with Gasteiger partial charge in [0.25, 0.3) is 0 Å². The Balaban J connectivity index is 2.22. The van der Waals surface area contributed by atoms with E-state index < -0.39 is 0 Å². The fourth-order valence-electron chi connectivity index (χ4n) is 3.81. The molecule has 0 bridgehead atoms. The van der Waals surface area contributed by atoms with E-state index >= 15 is 0 Å². The van der Waals surface area contributed by atoms with E-state index in [2.05, 4.69) is 45.3 Å². The predicted molar refractivity (Wildman–Crippen MR) is 94.3 cm³/mol. The number of carbonyl (C=O) groups excluding carboxylic acids is 1. The van der Waals surface area contributed by atoms with Crippen molar-refractivity contribution < 1.29 is 9.63 Å². The zero-order valence-electron chi connectivity index (χ0n) is 15.1. The third kappa shape index (κ3) is 4.03. The molecule has 0 radical (unpaired) electrons. The Bertz CT molecular complexity index is 593. The maximum absolute atomic E-state index is 12.7. The molecule has 1 aliphatic carbocycles. The molecule has 0 aromatic heterocycles. The molecule has 0 saturated heterocycles. The Morgan fingerprint density at radius 3 is 2.39 bits per heavy atom. The van der Waals surface area contributed by atoms with Crippen LogP contribution in [0.3, 0.4) is 0 Å². The van der Waals surface area contributed by atoms with Gasteiger partial charge in [-0.2, -0.15) is 0 Å². The monoisotopic (exact) mass is 315 g/mol. The number of hydrogen-bond donors (Lipinski definition) is 1. The van der Waals surface area contributed by atoms with Crippen LogP contribution in [-0.4, -0.2) is 12.4 Å². The van der Waals surface area contributed by atoms with Crippen LogP contribution in [0.15, 0.2) is 23.4 Å². The third-order valence-corrected chi connectivity index (χ3v) is 4.72. The van der Waals surface area contributed by atoms with Gasteiger partial charge in [-0.1, -0.05) is 24.6 Å². The number of Topliss-reactive ketones (excluding diaryl/α,β-unsaturated/α-hetero) is 1. The lowest BCUT2D eigenvalue weighted by Gasteiger charge is -2.28. The summed E-state index contributed by atoms with van der Waals surface area (Å²) in [5.74, 6) is 0.613. The second kappa shape index (κ2) is 7.78. The van der Waals surface area contributed by atoms with E-state index in [1.807, 2.05) is 6.92 Å². The van der Waals surface area contributed by atoms with Crippen LogP contribution in [0.5, 0.6) is 0 Å². The van der Waals surface area contributed by atoms with E-state index in [1.165, 1.54) is 22.3 Å². The molecule has 0 aliphatic heterocycles. The van der Waals surface area contributed by atoms with E-state index in [-0.39, 0.29) is 5.78 Å². The van der Waals surface area contributed by atoms with Gasteiger partial charge in [0.05, 0.1) is 6.61 Å². The predicted octanol–water partition coefficient (Wildman–Crippen LogP) is 4.65. The average molecular weight is 315 g/mol. The maximum atomic E-state index is 12.7. The van der Waals surface area contributed by atoms with E-state index in [1.54, 1.807) is 0 Å². The lowest BCUT2D eigenvalue weighted by molar-refractivity contribution is -0.117. The van der Waals surface area contributed by atoms with Crippen LogP contribution in [0, 0.1) is 20.8 Å². The highest BCUT2D eigenvalue weighted by Gasteiger charge is 2.28. The van der Waals surface area contributed by atoms with Crippen LogP contribution < -0.4 is 5.48 Å². The molecule has 1 aromatic carbocycles. The standard InChI is InChI=1S/C20H29NO2/c1-6-18(21-23-7-2)17-9-8-16(12-19(17)22)20-14(4)10-13(3)11-15(20)5/h10-11,16,21H,6-9,12H2,1-5H3. The van der Waals surface area contributed by atoms with Crippen LogP contribution in [0.2, 0.25) is 0 Å². The van der Waals surface area contributed by atoms with Gasteiger partial charge in [-0.05, 0) is 69.6 Å². The van der Waals surface area contributed by atoms with Crippen LogP contribution in [0.1, 0.15) is 67.7 Å². The first-order valence-corrected chi connectivity index (χ1v) is 8.68. The highest BCUT2D eigenvalue weighted by molar-refractivity contribution is 5.97. The molecule has 3 heteroatoms. The molecule has 2 rings (SSSR count). The molecular formula is C20H29NO2. The van der Waals surface area contributed by atoms with Crippen molar-refractivity contribution in [3.8, 4) is 0 Å². The van der Waals surface area contributed by atoms with Gasteiger partial charge < -0.3 is 0 Å². The fourth-order valence-corrected chi connectivity index (χ4v) is 3.81. The summed E-state index contributed by atoms with van der Waals surface area (Å²) in [4.78, 5) is 18.0. The fraction of sp³-hybridized carbons (Fsp3) is 0.550. The topological polar surface area (TPSA) is 38.3 Å². The number of benzene rings is 1. The summed E-state index contributed by atoms with van der Waals surface area (Å²) in [6.07, 6.45) is 3.27. The van der Waals surface area contributed by atoms with Gasteiger partial charge in [-0.3, -0.25) is 15.1 Å². The largest absolute Gasteiger partial charge is 0.294 e. The van der Waals surface area contributed by atoms with Crippen molar-refractivity contribution in [1.29, 1.82) is 0 Å². The minimum Gasteiger partial charge on any atom is -0.294 e. The second-order valence-corrected chi connectivity index (χ2v) is 6.52. The first kappa shape index (κ1) is 17.7. The number of ketones is 1. The van der Waals surface area contributed by atoms with Gasteiger partial charge in [0.1, 0.15) is 0 Å². The zero-order chi connectivity index (χ0) is 17.0. The normalized spacial score (nSPS) is 20.6.